The van der Waals surface area contributed by atoms with Crippen molar-refractivity contribution in [1.82, 2.24) is 9.97 Å². The van der Waals surface area contributed by atoms with Crippen molar-refractivity contribution in [1.29, 1.82) is 0 Å². The van der Waals surface area contributed by atoms with Gasteiger partial charge in [-0.05, 0) is 45.3 Å². The molecule has 0 amide bonds. The quantitative estimate of drug-likeness (QED) is 0.729. The molecule has 1 N–H and O–H groups in total. The Bertz CT molecular complexity index is 865. The molecule has 25 heavy (non-hydrogen) atoms. The fraction of sp³-hybridized carbons (Fsp3) is 0.300. The number of rotatable bonds is 5. The Hall–Kier alpha value is -2.24. The Morgan fingerprint density at radius 2 is 1.72 bits per heavy atom. The van der Waals surface area contributed by atoms with E-state index in [1.165, 1.54) is 0 Å². The fourth-order valence-electron chi connectivity index (χ4n) is 2.42. The van der Waals surface area contributed by atoms with Crippen LogP contribution in [0.25, 0.3) is 22.2 Å². The van der Waals surface area contributed by atoms with Gasteiger partial charge in [0.25, 0.3) is 0 Å². The van der Waals surface area contributed by atoms with Crippen LogP contribution in [0.4, 0.5) is 0 Å². The number of fused-ring (bicyclic) bond motifs is 1. The zero-order chi connectivity index (χ0) is 18.1. The van der Waals surface area contributed by atoms with Crippen LogP contribution in [0.3, 0.4) is 0 Å². The summed E-state index contributed by atoms with van der Waals surface area (Å²) in [5.74, 6) is 0. The predicted octanol–water partition coefficient (Wildman–Crippen LogP) is 2.84. The van der Waals surface area contributed by atoms with E-state index in [1.54, 1.807) is 20.0 Å². The Morgan fingerprint density at radius 1 is 0.960 bits per heavy atom. The molecule has 0 aliphatic carbocycles. The lowest BCUT2D eigenvalue weighted by molar-refractivity contribution is -0.0893. The van der Waals surface area contributed by atoms with Crippen LogP contribution in [-0.2, 0) is 4.65 Å². The third-order valence-corrected chi connectivity index (χ3v) is 4.81. The van der Waals surface area contributed by atoms with Crippen LogP contribution in [0.2, 0.25) is 0 Å². The van der Waals surface area contributed by atoms with E-state index >= 15 is 0 Å². The minimum absolute atomic E-state index is 0.401. The normalized spacial score (nSPS) is 12.4. The van der Waals surface area contributed by atoms with Gasteiger partial charge in [-0.1, -0.05) is 30.3 Å². The van der Waals surface area contributed by atoms with Crippen LogP contribution < -0.4 is 5.46 Å². The highest BCUT2D eigenvalue weighted by atomic mass is 16.5. The maximum atomic E-state index is 10.2. The Kier molecular flexibility index (Phi) is 4.63. The number of aromatic nitrogens is 2. The second-order valence-electron chi connectivity index (χ2n) is 7.29. The number of para-hydroxylation sites is 1. The molecule has 3 aromatic rings. The zero-order valence-electron chi connectivity index (χ0n) is 15.2. The van der Waals surface area contributed by atoms with Crippen molar-refractivity contribution in [2.75, 3.05) is 0 Å². The molecule has 2 heterocycles. The molecular formula is C20H23BN2O2. The summed E-state index contributed by atoms with van der Waals surface area (Å²) in [5.41, 5.74) is 2.25. The zero-order valence-corrected chi connectivity index (χ0v) is 15.2. The average molecular weight is 334 g/mol. The molecule has 0 bridgehead atoms. The van der Waals surface area contributed by atoms with Gasteiger partial charge in [-0.3, -0.25) is 9.97 Å². The largest absolute Gasteiger partial charge is 0.427 e. The van der Waals surface area contributed by atoms with Gasteiger partial charge >= 0.3 is 7.48 Å². The monoisotopic (exact) mass is 334 g/mol. The first kappa shape index (κ1) is 17.6. The first-order chi connectivity index (χ1) is 11.8. The number of aliphatic hydroxyl groups is 1. The minimum Gasteiger partial charge on any atom is -0.427 e. The fourth-order valence-corrected chi connectivity index (χ4v) is 2.42. The van der Waals surface area contributed by atoms with Crippen molar-refractivity contribution in [2.45, 2.75) is 38.9 Å². The van der Waals surface area contributed by atoms with E-state index in [4.69, 9.17) is 4.65 Å². The lowest BCUT2D eigenvalue weighted by Crippen LogP contribution is -2.49. The highest BCUT2D eigenvalue weighted by molar-refractivity contribution is 6.46. The molecule has 0 spiro atoms. The summed E-state index contributed by atoms with van der Waals surface area (Å²) < 4.78 is 5.89. The molecule has 0 aliphatic heterocycles. The van der Waals surface area contributed by atoms with E-state index in [0.29, 0.717) is 7.48 Å². The lowest BCUT2D eigenvalue weighted by Gasteiger charge is -2.37. The van der Waals surface area contributed by atoms with Crippen LogP contribution in [0.1, 0.15) is 27.7 Å². The van der Waals surface area contributed by atoms with Crippen molar-refractivity contribution < 1.29 is 9.76 Å². The summed E-state index contributed by atoms with van der Waals surface area (Å²) in [6.45, 7) is 7.27. The third kappa shape index (κ3) is 3.73. The van der Waals surface area contributed by atoms with Gasteiger partial charge < -0.3 is 9.76 Å². The molecule has 0 unspecified atom stereocenters. The van der Waals surface area contributed by atoms with Gasteiger partial charge in [0.1, 0.15) is 0 Å². The minimum atomic E-state index is -0.922. The summed E-state index contributed by atoms with van der Waals surface area (Å²) in [6.07, 6.45) is 3.62. The standard InChI is InChI=1S/C20H23BN2O2/c1-19(2,24)20(3,4)25-21-15-10-11-17(23-13-15)16-9-5-7-14-8-6-12-22-18(14)16/h5-13,21,24H,1-4H3. The van der Waals surface area contributed by atoms with E-state index in [0.717, 1.165) is 27.6 Å². The molecule has 0 atom stereocenters. The molecule has 0 aliphatic rings. The predicted molar refractivity (Wildman–Crippen MR) is 103 cm³/mol. The summed E-state index contributed by atoms with van der Waals surface area (Å²) in [6, 6.07) is 14.1. The molecule has 5 heteroatoms. The van der Waals surface area contributed by atoms with Crippen LogP contribution in [0, 0.1) is 0 Å². The second kappa shape index (κ2) is 6.58. The maximum absolute atomic E-state index is 10.2. The smallest absolute Gasteiger partial charge is 0.311 e. The summed E-state index contributed by atoms with van der Waals surface area (Å²) in [4.78, 5) is 9.06. The molecule has 128 valence electrons. The van der Waals surface area contributed by atoms with E-state index in [1.807, 2.05) is 62.5 Å². The van der Waals surface area contributed by atoms with Gasteiger partial charge in [-0.15, -0.1) is 0 Å². The Balaban J connectivity index is 1.81. The van der Waals surface area contributed by atoms with Crippen LogP contribution in [-0.4, -0.2) is 33.8 Å². The third-order valence-electron chi connectivity index (χ3n) is 4.81. The Morgan fingerprint density at radius 3 is 2.40 bits per heavy atom. The first-order valence-corrected chi connectivity index (χ1v) is 8.43. The van der Waals surface area contributed by atoms with Gasteiger partial charge in [-0.2, -0.15) is 0 Å². The number of hydrogen-bond donors (Lipinski definition) is 1. The molecule has 0 radical (unpaired) electrons. The Labute approximate surface area is 149 Å². The molecular weight excluding hydrogens is 311 g/mol. The number of hydrogen-bond acceptors (Lipinski definition) is 4. The molecule has 0 fully saturated rings. The molecule has 2 aromatic heterocycles. The average Bonchev–Trinajstić information content (AvgIpc) is 2.59. The maximum Gasteiger partial charge on any atom is 0.311 e. The van der Waals surface area contributed by atoms with Crippen molar-refractivity contribution in [3.8, 4) is 11.3 Å². The number of pyridine rings is 2. The number of benzene rings is 1. The second-order valence-corrected chi connectivity index (χ2v) is 7.29. The van der Waals surface area contributed by atoms with Gasteiger partial charge in [0.15, 0.2) is 0 Å². The number of nitrogens with zero attached hydrogens (tertiary/aromatic N) is 2. The van der Waals surface area contributed by atoms with E-state index in [-0.39, 0.29) is 0 Å². The van der Waals surface area contributed by atoms with Gasteiger partial charge in [0.2, 0.25) is 0 Å². The molecule has 0 saturated carbocycles. The van der Waals surface area contributed by atoms with Gasteiger partial charge in [0.05, 0.1) is 22.4 Å². The molecule has 0 saturated heterocycles. The van der Waals surface area contributed by atoms with Gasteiger partial charge in [0, 0.05) is 23.3 Å². The van der Waals surface area contributed by atoms with Crippen molar-refractivity contribution in [2.24, 2.45) is 0 Å². The van der Waals surface area contributed by atoms with Crippen LogP contribution >= 0.6 is 0 Å². The van der Waals surface area contributed by atoms with Crippen molar-refractivity contribution >= 4 is 23.8 Å². The highest BCUT2D eigenvalue weighted by Crippen LogP contribution is 2.25. The summed E-state index contributed by atoms with van der Waals surface area (Å²) in [5, 5.41) is 11.3. The van der Waals surface area contributed by atoms with Crippen LogP contribution in [0.15, 0.2) is 54.9 Å². The molecule has 4 nitrogen and oxygen atoms in total. The summed E-state index contributed by atoms with van der Waals surface area (Å²) in [7, 11) is 0.401. The molecule has 1 aromatic carbocycles. The topological polar surface area (TPSA) is 55.2 Å². The molecule has 3 rings (SSSR count). The van der Waals surface area contributed by atoms with E-state index < -0.39 is 11.2 Å². The first-order valence-electron chi connectivity index (χ1n) is 8.43. The highest BCUT2D eigenvalue weighted by Gasteiger charge is 2.35. The van der Waals surface area contributed by atoms with Crippen molar-refractivity contribution in [3.63, 3.8) is 0 Å². The lowest BCUT2D eigenvalue weighted by atomic mass is 9.83. The van der Waals surface area contributed by atoms with E-state index in [2.05, 4.69) is 9.97 Å². The van der Waals surface area contributed by atoms with Crippen molar-refractivity contribution in [3.05, 3.63) is 54.9 Å². The van der Waals surface area contributed by atoms with Crippen LogP contribution in [0.5, 0.6) is 0 Å². The van der Waals surface area contributed by atoms with Gasteiger partial charge in [-0.25, -0.2) is 0 Å². The van der Waals surface area contributed by atoms with E-state index in [9.17, 15) is 5.11 Å². The summed E-state index contributed by atoms with van der Waals surface area (Å²) >= 11 is 0. The SMILES string of the molecule is CC(C)(O)C(C)(C)OBc1ccc(-c2cccc3cccnc23)nc1.